The van der Waals surface area contributed by atoms with Crippen LogP contribution < -0.4 is 4.74 Å². The van der Waals surface area contributed by atoms with Gasteiger partial charge in [0.2, 0.25) is 5.88 Å². The second kappa shape index (κ2) is 5.77. The SMILES string of the molecule is COc1nc(CC(=O)OC(C)(C)C)c(N=O)cc1C. The molecule has 0 amide bonds. The minimum Gasteiger partial charge on any atom is -0.481 e. The highest BCUT2D eigenvalue weighted by Crippen LogP contribution is 2.25. The summed E-state index contributed by atoms with van der Waals surface area (Å²) in [5.41, 5.74) is 0.488. The molecule has 1 aromatic heterocycles. The van der Waals surface area contributed by atoms with E-state index >= 15 is 0 Å². The first kappa shape index (κ1) is 15.1. The fourth-order valence-corrected chi connectivity index (χ4v) is 1.55. The Labute approximate surface area is 112 Å². The van der Waals surface area contributed by atoms with Crippen LogP contribution in [0.2, 0.25) is 0 Å². The van der Waals surface area contributed by atoms with Crippen LogP contribution in [0, 0.1) is 11.8 Å². The van der Waals surface area contributed by atoms with Crippen molar-refractivity contribution in [1.29, 1.82) is 0 Å². The van der Waals surface area contributed by atoms with Crippen LogP contribution >= 0.6 is 0 Å². The molecule has 0 N–H and O–H groups in total. The summed E-state index contributed by atoms with van der Waals surface area (Å²) in [4.78, 5) is 26.6. The molecule has 0 aliphatic heterocycles. The molecule has 0 aliphatic rings. The molecule has 0 spiro atoms. The van der Waals surface area contributed by atoms with Gasteiger partial charge in [0.05, 0.1) is 19.2 Å². The molecular weight excluding hydrogens is 248 g/mol. The first-order valence-electron chi connectivity index (χ1n) is 5.86. The Balaban J connectivity index is 2.99. The molecule has 1 rings (SSSR count). The zero-order chi connectivity index (χ0) is 14.6. The smallest absolute Gasteiger partial charge is 0.312 e. The van der Waals surface area contributed by atoms with Crippen LogP contribution in [0.5, 0.6) is 5.88 Å². The second-order valence-electron chi connectivity index (χ2n) is 5.13. The summed E-state index contributed by atoms with van der Waals surface area (Å²) in [6, 6.07) is 1.54. The molecule has 0 fully saturated rings. The average Bonchev–Trinajstić information content (AvgIpc) is 2.28. The Kier molecular flexibility index (Phi) is 4.58. The average molecular weight is 266 g/mol. The molecule has 0 aliphatic carbocycles. The maximum Gasteiger partial charge on any atom is 0.312 e. The van der Waals surface area contributed by atoms with Crippen molar-refractivity contribution in [2.75, 3.05) is 7.11 Å². The standard InChI is InChI=1S/C13H18N2O4/c1-8-6-10(15-17)9(14-12(8)18-5)7-11(16)19-13(2,3)4/h6H,7H2,1-5H3. The molecule has 0 bridgehead atoms. The number of hydrogen-bond donors (Lipinski definition) is 0. The Morgan fingerprint density at radius 3 is 2.53 bits per heavy atom. The van der Waals surface area contributed by atoms with Gasteiger partial charge in [0.1, 0.15) is 11.3 Å². The number of carbonyl (C=O) groups is 1. The first-order chi connectivity index (χ1) is 8.76. The quantitative estimate of drug-likeness (QED) is 0.618. The van der Waals surface area contributed by atoms with E-state index in [1.165, 1.54) is 7.11 Å². The van der Waals surface area contributed by atoms with Crippen molar-refractivity contribution in [3.63, 3.8) is 0 Å². The molecule has 0 radical (unpaired) electrons. The van der Waals surface area contributed by atoms with Crippen LogP contribution in [-0.2, 0) is 16.0 Å². The molecule has 0 aromatic carbocycles. The van der Waals surface area contributed by atoms with Gasteiger partial charge in [0.25, 0.3) is 0 Å². The zero-order valence-corrected chi connectivity index (χ0v) is 11.8. The van der Waals surface area contributed by atoms with Gasteiger partial charge in [-0.3, -0.25) is 4.79 Å². The van der Waals surface area contributed by atoms with Crippen molar-refractivity contribution >= 4 is 11.7 Å². The summed E-state index contributed by atoms with van der Waals surface area (Å²) in [7, 11) is 1.47. The van der Waals surface area contributed by atoms with Gasteiger partial charge in [0.15, 0.2) is 0 Å². The van der Waals surface area contributed by atoms with Gasteiger partial charge in [0, 0.05) is 5.56 Å². The Bertz CT molecular complexity index is 492. The minimum absolute atomic E-state index is 0.116. The van der Waals surface area contributed by atoms with Crippen LogP contribution in [0.4, 0.5) is 5.69 Å². The summed E-state index contributed by atoms with van der Waals surface area (Å²) < 4.78 is 10.2. The molecule has 19 heavy (non-hydrogen) atoms. The number of ether oxygens (including phenoxy) is 2. The van der Waals surface area contributed by atoms with Gasteiger partial charge in [-0.05, 0) is 38.9 Å². The highest BCUT2D eigenvalue weighted by atomic mass is 16.6. The Hall–Kier alpha value is -1.98. The van der Waals surface area contributed by atoms with Crippen molar-refractivity contribution in [2.45, 2.75) is 39.7 Å². The number of hydrogen-bond acceptors (Lipinski definition) is 6. The number of aromatic nitrogens is 1. The highest BCUT2D eigenvalue weighted by Gasteiger charge is 2.20. The lowest BCUT2D eigenvalue weighted by atomic mass is 10.1. The normalized spacial score (nSPS) is 11.0. The number of nitrogens with zero attached hydrogens (tertiary/aromatic N) is 2. The number of aryl methyl sites for hydroxylation is 1. The predicted octanol–water partition coefficient (Wildman–Crippen LogP) is 2.68. The fraction of sp³-hybridized carbons (Fsp3) is 0.538. The first-order valence-corrected chi connectivity index (χ1v) is 5.86. The summed E-state index contributed by atoms with van der Waals surface area (Å²) in [6.07, 6.45) is -0.116. The van der Waals surface area contributed by atoms with Crippen LogP contribution in [0.1, 0.15) is 32.0 Å². The van der Waals surface area contributed by atoms with E-state index in [0.29, 0.717) is 11.4 Å². The van der Waals surface area contributed by atoms with E-state index in [1.807, 2.05) is 0 Å². The van der Waals surface area contributed by atoms with Crippen molar-refractivity contribution < 1.29 is 14.3 Å². The number of nitroso groups, excluding NO2 is 1. The van der Waals surface area contributed by atoms with E-state index in [1.54, 1.807) is 33.8 Å². The third-order valence-corrected chi connectivity index (χ3v) is 2.25. The summed E-state index contributed by atoms with van der Waals surface area (Å²) in [5.74, 6) is -0.0956. The van der Waals surface area contributed by atoms with Crippen LogP contribution in [0.3, 0.4) is 0 Å². The number of methoxy groups -OCH3 is 1. The van der Waals surface area contributed by atoms with Crippen molar-refractivity contribution in [2.24, 2.45) is 5.18 Å². The van der Waals surface area contributed by atoms with Crippen LogP contribution in [0.25, 0.3) is 0 Å². The minimum atomic E-state index is -0.583. The van der Waals surface area contributed by atoms with E-state index in [0.717, 1.165) is 0 Å². The van der Waals surface area contributed by atoms with Crippen molar-refractivity contribution in [3.8, 4) is 5.88 Å². The van der Waals surface area contributed by atoms with Gasteiger partial charge in [-0.25, -0.2) is 4.98 Å². The molecular formula is C13H18N2O4. The summed E-state index contributed by atoms with van der Waals surface area (Å²) in [6.45, 7) is 7.06. The topological polar surface area (TPSA) is 77.8 Å². The van der Waals surface area contributed by atoms with Gasteiger partial charge >= 0.3 is 5.97 Å². The Morgan fingerprint density at radius 1 is 1.42 bits per heavy atom. The maximum atomic E-state index is 11.7. The third kappa shape index (κ3) is 4.31. The van der Waals surface area contributed by atoms with Crippen LogP contribution in [0.15, 0.2) is 11.2 Å². The molecule has 0 saturated heterocycles. The molecule has 1 aromatic rings. The Morgan fingerprint density at radius 2 is 2.05 bits per heavy atom. The molecule has 6 heteroatoms. The third-order valence-electron chi connectivity index (χ3n) is 2.25. The summed E-state index contributed by atoms with van der Waals surface area (Å²) in [5, 5.41) is 2.88. The van der Waals surface area contributed by atoms with Gasteiger partial charge < -0.3 is 9.47 Å². The lowest BCUT2D eigenvalue weighted by Gasteiger charge is -2.19. The number of carbonyl (C=O) groups excluding carboxylic acids is 1. The number of pyridine rings is 1. The van der Waals surface area contributed by atoms with E-state index in [4.69, 9.17) is 9.47 Å². The van der Waals surface area contributed by atoms with E-state index in [2.05, 4.69) is 10.2 Å². The van der Waals surface area contributed by atoms with E-state index in [9.17, 15) is 9.70 Å². The van der Waals surface area contributed by atoms with Crippen molar-refractivity contribution in [1.82, 2.24) is 4.98 Å². The van der Waals surface area contributed by atoms with Gasteiger partial charge in [-0.2, -0.15) is 0 Å². The molecule has 6 nitrogen and oxygen atoms in total. The maximum absolute atomic E-state index is 11.7. The largest absolute Gasteiger partial charge is 0.481 e. The monoisotopic (exact) mass is 266 g/mol. The highest BCUT2D eigenvalue weighted by molar-refractivity contribution is 5.74. The molecule has 104 valence electrons. The van der Waals surface area contributed by atoms with Gasteiger partial charge in [-0.1, -0.05) is 0 Å². The summed E-state index contributed by atoms with van der Waals surface area (Å²) >= 11 is 0. The fourth-order valence-electron chi connectivity index (χ4n) is 1.55. The number of rotatable bonds is 4. The molecule has 0 saturated carbocycles. The zero-order valence-electron chi connectivity index (χ0n) is 11.8. The predicted molar refractivity (Wildman–Crippen MR) is 70.5 cm³/mol. The molecule has 0 unspecified atom stereocenters. The van der Waals surface area contributed by atoms with Gasteiger partial charge in [-0.15, -0.1) is 4.91 Å². The second-order valence-corrected chi connectivity index (χ2v) is 5.13. The molecule has 1 heterocycles. The molecule has 0 atom stereocenters. The number of esters is 1. The van der Waals surface area contributed by atoms with Crippen molar-refractivity contribution in [3.05, 3.63) is 22.2 Å². The lowest BCUT2D eigenvalue weighted by Crippen LogP contribution is -2.25. The van der Waals surface area contributed by atoms with E-state index < -0.39 is 11.6 Å². The van der Waals surface area contributed by atoms with Crippen LogP contribution in [-0.4, -0.2) is 23.7 Å². The lowest BCUT2D eigenvalue weighted by molar-refractivity contribution is -0.153. The van der Waals surface area contributed by atoms with E-state index in [-0.39, 0.29) is 17.8 Å².